The Morgan fingerprint density at radius 2 is 2.35 bits per heavy atom. The number of rotatable bonds is 2. The second-order valence-corrected chi connectivity index (χ2v) is 4.36. The molecule has 2 atom stereocenters. The van der Waals surface area contributed by atoms with Gasteiger partial charge in [-0.1, -0.05) is 6.92 Å². The van der Waals surface area contributed by atoms with Gasteiger partial charge in [-0.2, -0.15) is 0 Å². The second kappa shape index (κ2) is 4.71. The summed E-state index contributed by atoms with van der Waals surface area (Å²) < 4.78 is 4.67. The molecule has 1 aliphatic heterocycles. The number of nitrogens with zero attached hydrogens (tertiary/aromatic N) is 1. The molecule has 0 radical (unpaired) electrons. The predicted molar refractivity (Wildman–Crippen MR) is 60.7 cm³/mol. The number of likely N-dealkylation sites (tertiary alicyclic amines) is 1. The fraction of sp³-hybridized carbons (Fsp3) is 0.500. The first-order chi connectivity index (χ1) is 8.13. The van der Waals surface area contributed by atoms with E-state index in [2.05, 4.69) is 4.42 Å². The molecule has 1 aromatic rings. The molecule has 92 valence electrons. The summed E-state index contributed by atoms with van der Waals surface area (Å²) in [5, 5.41) is 9.28. The maximum absolute atomic E-state index is 12.1. The van der Waals surface area contributed by atoms with Crippen LogP contribution >= 0.6 is 0 Å². The first-order valence-electron chi connectivity index (χ1n) is 5.64. The van der Waals surface area contributed by atoms with E-state index in [9.17, 15) is 14.7 Å². The summed E-state index contributed by atoms with van der Waals surface area (Å²) in [4.78, 5) is 24.6. The Labute approximate surface area is 98.7 Å². The average Bonchev–Trinajstić information content (AvgIpc) is 2.70. The lowest BCUT2D eigenvalue weighted by molar-refractivity contribution is 0.0645. The third kappa shape index (κ3) is 2.24. The molecular weight excluding hydrogens is 222 g/mol. The maximum Gasteiger partial charge on any atom is 0.335 e. The summed E-state index contributed by atoms with van der Waals surface area (Å²) in [6.45, 7) is 2.60. The minimum Gasteiger partial charge on any atom is -0.430 e. The fourth-order valence-electron chi connectivity index (χ4n) is 2.18. The van der Waals surface area contributed by atoms with E-state index in [1.54, 1.807) is 4.90 Å². The van der Waals surface area contributed by atoms with Gasteiger partial charge in [-0.05, 0) is 18.4 Å². The number of aliphatic hydroxyl groups is 1. The molecule has 0 saturated carbocycles. The van der Waals surface area contributed by atoms with E-state index in [4.69, 9.17) is 0 Å². The first-order valence-corrected chi connectivity index (χ1v) is 5.64. The van der Waals surface area contributed by atoms with Crippen LogP contribution in [0.1, 0.15) is 23.7 Å². The van der Waals surface area contributed by atoms with Gasteiger partial charge >= 0.3 is 5.63 Å². The Morgan fingerprint density at radius 1 is 1.59 bits per heavy atom. The summed E-state index contributed by atoms with van der Waals surface area (Å²) in [6.07, 6.45) is 2.05. The van der Waals surface area contributed by atoms with Gasteiger partial charge in [0, 0.05) is 12.6 Å². The Kier molecular flexibility index (Phi) is 3.28. The molecule has 2 rings (SSSR count). The smallest absolute Gasteiger partial charge is 0.335 e. The van der Waals surface area contributed by atoms with Crippen molar-refractivity contribution in [1.82, 2.24) is 4.90 Å². The summed E-state index contributed by atoms with van der Waals surface area (Å²) in [5.74, 6) is 0.0943. The normalized spacial score (nSPS) is 24.0. The van der Waals surface area contributed by atoms with Crippen LogP contribution in [0.25, 0.3) is 0 Å². The highest BCUT2D eigenvalue weighted by Gasteiger charge is 2.34. The van der Waals surface area contributed by atoms with Crippen LogP contribution in [0.15, 0.2) is 27.6 Å². The van der Waals surface area contributed by atoms with Gasteiger partial charge in [0.15, 0.2) is 0 Å². The number of amides is 1. The van der Waals surface area contributed by atoms with E-state index in [1.807, 2.05) is 6.92 Å². The molecule has 0 aromatic carbocycles. The van der Waals surface area contributed by atoms with Crippen molar-refractivity contribution in [3.8, 4) is 0 Å². The number of carbonyl (C=O) groups excluding carboxylic acids is 1. The number of carbonyl (C=O) groups is 1. The summed E-state index contributed by atoms with van der Waals surface area (Å²) in [5.41, 5.74) is -0.132. The molecule has 5 heteroatoms. The predicted octanol–water partition coefficient (Wildman–Crippen LogP) is 0.483. The molecule has 0 bridgehead atoms. The van der Waals surface area contributed by atoms with Crippen LogP contribution in [0.3, 0.4) is 0 Å². The van der Waals surface area contributed by atoms with Gasteiger partial charge in [0.2, 0.25) is 0 Å². The van der Waals surface area contributed by atoms with Crippen LogP contribution < -0.4 is 5.63 Å². The molecule has 5 nitrogen and oxygen atoms in total. The van der Waals surface area contributed by atoms with Crippen molar-refractivity contribution >= 4 is 5.91 Å². The summed E-state index contributed by atoms with van der Waals surface area (Å²) in [7, 11) is 0. The van der Waals surface area contributed by atoms with Crippen LogP contribution in [0.4, 0.5) is 0 Å². The molecule has 1 saturated heterocycles. The molecule has 1 fully saturated rings. The van der Waals surface area contributed by atoms with Gasteiger partial charge in [-0.3, -0.25) is 4.79 Å². The van der Waals surface area contributed by atoms with Gasteiger partial charge in [0.1, 0.15) is 6.26 Å². The Hall–Kier alpha value is -1.62. The molecule has 1 aromatic heterocycles. The third-order valence-corrected chi connectivity index (χ3v) is 3.28. The van der Waals surface area contributed by atoms with E-state index in [0.717, 1.165) is 6.42 Å². The monoisotopic (exact) mass is 237 g/mol. The van der Waals surface area contributed by atoms with Crippen molar-refractivity contribution in [2.75, 3.05) is 13.2 Å². The first kappa shape index (κ1) is 11.9. The zero-order valence-corrected chi connectivity index (χ0v) is 9.63. The molecule has 1 aliphatic rings. The van der Waals surface area contributed by atoms with Gasteiger partial charge in [0.25, 0.3) is 5.91 Å². The highest BCUT2D eigenvalue weighted by Crippen LogP contribution is 2.25. The molecule has 17 heavy (non-hydrogen) atoms. The number of aliphatic hydroxyl groups excluding tert-OH is 1. The number of hydrogen-bond donors (Lipinski definition) is 1. The van der Waals surface area contributed by atoms with Crippen LogP contribution in [0.2, 0.25) is 0 Å². The lowest BCUT2D eigenvalue weighted by Crippen LogP contribution is -2.39. The van der Waals surface area contributed by atoms with Gasteiger partial charge in [0.05, 0.1) is 18.2 Å². The quantitative estimate of drug-likeness (QED) is 0.812. The van der Waals surface area contributed by atoms with E-state index >= 15 is 0 Å². The minimum atomic E-state index is -0.477. The highest BCUT2D eigenvalue weighted by molar-refractivity contribution is 5.94. The standard InChI is InChI=1S/C12H15NO4/c1-8-4-5-13(10(8)6-14)12(16)9-2-3-11(15)17-7-9/h2-3,7-8,10,14H,4-6H2,1H3. The molecule has 2 heterocycles. The maximum atomic E-state index is 12.1. The lowest BCUT2D eigenvalue weighted by atomic mass is 10.0. The zero-order chi connectivity index (χ0) is 12.4. The van der Waals surface area contributed by atoms with Crippen LogP contribution in [0.5, 0.6) is 0 Å². The second-order valence-electron chi connectivity index (χ2n) is 4.36. The Bertz CT molecular complexity index is 447. The topological polar surface area (TPSA) is 70.8 Å². The Morgan fingerprint density at radius 3 is 2.94 bits per heavy atom. The zero-order valence-electron chi connectivity index (χ0n) is 9.63. The van der Waals surface area contributed by atoms with E-state index in [1.165, 1.54) is 18.4 Å². The molecule has 0 spiro atoms. The third-order valence-electron chi connectivity index (χ3n) is 3.28. The van der Waals surface area contributed by atoms with Gasteiger partial charge < -0.3 is 14.4 Å². The SMILES string of the molecule is CC1CCN(C(=O)c2ccc(=O)oc2)C1CO. The van der Waals surface area contributed by atoms with Crippen molar-refractivity contribution in [2.24, 2.45) is 5.92 Å². The average molecular weight is 237 g/mol. The summed E-state index contributed by atoms with van der Waals surface area (Å²) in [6, 6.07) is 2.53. The van der Waals surface area contributed by atoms with Crippen molar-refractivity contribution in [3.05, 3.63) is 34.4 Å². The molecule has 2 unspecified atom stereocenters. The number of hydrogen-bond acceptors (Lipinski definition) is 4. The van der Waals surface area contributed by atoms with Crippen LogP contribution in [0, 0.1) is 5.92 Å². The van der Waals surface area contributed by atoms with E-state index in [0.29, 0.717) is 18.0 Å². The van der Waals surface area contributed by atoms with Crippen molar-refractivity contribution in [1.29, 1.82) is 0 Å². The summed E-state index contributed by atoms with van der Waals surface area (Å²) >= 11 is 0. The van der Waals surface area contributed by atoms with Gasteiger partial charge in [-0.15, -0.1) is 0 Å². The molecule has 1 N–H and O–H groups in total. The Balaban J connectivity index is 2.20. The van der Waals surface area contributed by atoms with Gasteiger partial charge in [-0.25, -0.2) is 4.79 Å². The molecular formula is C12H15NO4. The van der Waals surface area contributed by atoms with Crippen LogP contribution in [-0.2, 0) is 0 Å². The lowest BCUT2D eigenvalue weighted by Gasteiger charge is -2.24. The minimum absolute atomic E-state index is 0.0380. The molecule has 0 aliphatic carbocycles. The van der Waals surface area contributed by atoms with Crippen molar-refractivity contribution in [3.63, 3.8) is 0 Å². The van der Waals surface area contributed by atoms with Crippen LogP contribution in [-0.4, -0.2) is 35.1 Å². The molecule has 1 amide bonds. The van der Waals surface area contributed by atoms with E-state index < -0.39 is 5.63 Å². The fourth-order valence-corrected chi connectivity index (χ4v) is 2.18. The largest absolute Gasteiger partial charge is 0.430 e. The highest BCUT2D eigenvalue weighted by atomic mass is 16.4. The van der Waals surface area contributed by atoms with Crippen molar-refractivity contribution < 1.29 is 14.3 Å². The van der Waals surface area contributed by atoms with Crippen molar-refractivity contribution in [2.45, 2.75) is 19.4 Å². The van der Waals surface area contributed by atoms with E-state index in [-0.39, 0.29) is 18.6 Å².